The van der Waals surface area contributed by atoms with E-state index in [0.717, 1.165) is 24.8 Å². The van der Waals surface area contributed by atoms with Crippen molar-refractivity contribution in [3.63, 3.8) is 0 Å². The van der Waals surface area contributed by atoms with Crippen molar-refractivity contribution in [3.05, 3.63) is 23.8 Å². The number of rotatable bonds is 4. The van der Waals surface area contributed by atoms with Gasteiger partial charge < -0.3 is 20.3 Å². The number of nitrogens with one attached hydrogen (secondary N) is 1. The molecule has 0 bridgehead atoms. The van der Waals surface area contributed by atoms with Gasteiger partial charge in [-0.15, -0.1) is 0 Å². The fourth-order valence-corrected chi connectivity index (χ4v) is 2.65. The van der Waals surface area contributed by atoms with E-state index in [0.29, 0.717) is 12.1 Å². The fourth-order valence-electron chi connectivity index (χ4n) is 2.65. The maximum Gasteiger partial charge on any atom is 0.124 e. The van der Waals surface area contributed by atoms with Crippen LogP contribution in [-0.4, -0.2) is 29.5 Å². The number of ether oxygens (including phenoxy) is 1. The molecule has 0 radical (unpaired) electrons. The largest absolute Gasteiger partial charge is 0.508 e. The molecule has 0 spiro atoms. The van der Waals surface area contributed by atoms with Crippen LogP contribution in [0.4, 0.5) is 0 Å². The molecule has 100 valence electrons. The lowest BCUT2D eigenvalue weighted by molar-refractivity contribution is 0.106. The molecule has 18 heavy (non-hydrogen) atoms. The molecule has 3 N–H and O–H groups in total. The third-order valence-corrected chi connectivity index (χ3v) is 3.68. The summed E-state index contributed by atoms with van der Waals surface area (Å²) >= 11 is 0. The van der Waals surface area contributed by atoms with Gasteiger partial charge >= 0.3 is 0 Å². The van der Waals surface area contributed by atoms with E-state index in [1.165, 1.54) is 6.07 Å². The van der Waals surface area contributed by atoms with Crippen molar-refractivity contribution < 1.29 is 14.9 Å². The number of hydrogen-bond acceptors (Lipinski definition) is 4. The van der Waals surface area contributed by atoms with Crippen LogP contribution in [0.25, 0.3) is 0 Å². The Morgan fingerprint density at radius 3 is 2.72 bits per heavy atom. The zero-order valence-electron chi connectivity index (χ0n) is 10.9. The minimum Gasteiger partial charge on any atom is -0.508 e. The van der Waals surface area contributed by atoms with Crippen LogP contribution < -0.4 is 5.32 Å². The van der Waals surface area contributed by atoms with Gasteiger partial charge in [0.2, 0.25) is 0 Å². The molecule has 3 atom stereocenters. The van der Waals surface area contributed by atoms with E-state index in [1.54, 1.807) is 19.2 Å². The SMILES string of the molecule is COC1CCC(NC(C)c2ccc(O)cc2O)C1. The van der Waals surface area contributed by atoms with Crippen LogP contribution >= 0.6 is 0 Å². The molecule has 0 aliphatic heterocycles. The van der Waals surface area contributed by atoms with Crippen LogP contribution in [0.15, 0.2) is 18.2 Å². The highest BCUT2D eigenvalue weighted by Crippen LogP contribution is 2.30. The Balaban J connectivity index is 1.97. The number of methoxy groups -OCH3 is 1. The summed E-state index contributed by atoms with van der Waals surface area (Å²) in [7, 11) is 1.75. The standard InChI is InChI=1S/C14H21NO3/c1-9(13-6-4-11(16)8-14(13)17)15-10-3-5-12(7-10)18-2/h4,6,8-10,12,15-17H,3,5,7H2,1-2H3. The second-order valence-corrected chi connectivity index (χ2v) is 5.00. The summed E-state index contributed by atoms with van der Waals surface area (Å²) in [5, 5.41) is 22.6. The average Bonchev–Trinajstić information content (AvgIpc) is 2.76. The average molecular weight is 251 g/mol. The molecule has 1 saturated carbocycles. The molecule has 1 aromatic rings. The summed E-state index contributed by atoms with van der Waals surface area (Å²) < 4.78 is 5.35. The maximum absolute atomic E-state index is 9.81. The van der Waals surface area contributed by atoms with E-state index in [-0.39, 0.29) is 17.5 Å². The van der Waals surface area contributed by atoms with Gasteiger partial charge in [0.25, 0.3) is 0 Å². The summed E-state index contributed by atoms with van der Waals surface area (Å²) in [6.45, 7) is 2.02. The van der Waals surface area contributed by atoms with Crippen LogP contribution in [0.5, 0.6) is 11.5 Å². The van der Waals surface area contributed by atoms with E-state index in [2.05, 4.69) is 5.32 Å². The summed E-state index contributed by atoms with van der Waals surface area (Å²) in [6, 6.07) is 5.22. The zero-order valence-corrected chi connectivity index (χ0v) is 10.9. The lowest BCUT2D eigenvalue weighted by atomic mass is 10.1. The summed E-state index contributed by atoms with van der Waals surface area (Å²) in [5.74, 6) is 0.222. The first-order valence-corrected chi connectivity index (χ1v) is 6.41. The molecular formula is C14H21NO3. The quantitative estimate of drug-likeness (QED) is 0.768. The van der Waals surface area contributed by atoms with Crippen molar-refractivity contribution in [2.75, 3.05) is 7.11 Å². The van der Waals surface area contributed by atoms with Gasteiger partial charge in [0.15, 0.2) is 0 Å². The van der Waals surface area contributed by atoms with Crippen molar-refractivity contribution in [3.8, 4) is 11.5 Å². The molecule has 1 fully saturated rings. The van der Waals surface area contributed by atoms with Crippen LogP contribution in [0.3, 0.4) is 0 Å². The topological polar surface area (TPSA) is 61.7 Å². The van der Waals surface area contributed by atoms with Gasteiger partial charge in [-0.2, -0.15) is 0 Å². The minimum atomic E-state index is 0.0613. The van der Waals surface area contributed by atoms with E-state index in [9.17, 15) is 10.2 Å². The van der Waals surface area contributed by atoms with Gasteiger partial charge in [-0.05, 0) is 32.3 Å². The second kappa shape index (κ2) is 5.59. The molecule has 4 heteroatoms. The number of benzene rings is 1. The van der Waals surface area contributed by atoms with Crippen LogP contribution in [0.2, 0.25) is 0 Å². The van der Waals surface area contributed by atoms with Gasteiger partial charge in [0, 0.05) is 30.8 Å². The molecule has 2 rings (SSSR count). The molecule has 0 saturated heterocycles. The third-order valence-electron chi connectivity index (χ3n) is 3.68. The van der Waals surface area contributed by atoms with E-state index >= 15 is 0 Å². The van der Waals surface area contributed by atoms with E-state index in [4.69, 9.17) is 4.74 Å². The van der Waals surface area contributed by atoms with Gasteiger partial charge in [-0.1, -0.05) is 6.07 Å². The van der Waals surface area contributed by atoms with Crippen LogP contribution in [0.1, 0.15) is 37.8 Å². The maximum atomic E-state index is 9.81. The molecule has 0 heterocycles. The Morgan fingerprint density at radius 1 is 1.33 bits per heavy atom. The Labute approximate surface area is 108 Å². The Hall–Kier alpha value is -1.26. The lowest BCUT2D eigenvalue weighted by Crippen LogP contribution is -2.29. The lowest BCUT2D eigenvalue weighted by Gasteiger charge is -2.20. The molecule has 0 aromatic heterocycles. The number of hydrogen-bond donors (Lipinski definition) is 3. The third kappa shape index (κ3) is 2.94. The van der Waals surface area contributed by atoms with Crippen molar-refractivity contribution in [1.82, 2.24) is 5.32 Å². The highest BCUT2D eigenvalue weighted by atomic mass is 16.5. The highest BCUT2D eigenvalue weighted by molar-refractivity contribution is 5.40. The Morgan fingerprint density at radius 2 is 2.11 bits per heavy atom. The number of aromatic hydroxyl groups is 2. The number of phenolic OH excluding ortho intramolecular Hbond substituents is 2. The van der Waals surface area contributed by atoms with Crippen molar-refractivity contribution in [2.24, 2.45) is 0 Å². The first-order valence-electron chi connectivity index (χ1n) is 6.41. The predicted molar refractivity (Wildman–Crippen MR) is 69.8 cm³/mol. The molecule has 1 aliphatic rings. The van der Waals surface area contributed by atoms with E-state index in [1.807, 2.05) is 6.92 Å². The van der Waals surface area contributed by atoms with Crippen LogP contribution in [0, 0.1) is 0 Å². The number of phenols is 2. The van der Waals surface area contributed by atoms with Crippen LogP contribution in [-0.2, 0) is 4.74 Å². The summed E-state index contributed by atoms with van der Waals surface area (Å²) in [4.78, 5) is 0. The summed E-state index contributed by atoms with van der Waals surface area (Å²) in [5.41, 5.74) is 0.814. The van der Waals surface area contributed by atoms with Gasteiger partial charge in [-0.25, -0.2) is 0 Å². The highest BCUT2D eigenvalue weighted by Gasteiger charge is 2.26. The molecule has 0 amide bonds. The molecular weight excluding hydrogens is 230 g/mol. The Bertz CT molecular complexity index is 408. The van der Waals surface area contributed by atoms with Crippen molar-refractivity contribution >= 4 is 0 Å². The monoisotopic (exact) mass is 251 g/mol. The molecule has 1 aromatic carbocycles. The van der Waals surface area contributed by atoms with Gasteiger partial charge in [-0.3, -0.25) is 0 Å². The second-order valence-electron chi connectivity index (χ2n) is 5.00. The van der Waals surface area contributed by atoms with Crippen molar-refractivity contribution in [1.29, 1.82) is 0 Å². The van der Waals surface area contributed by atoms with E-state index < -0.39 is 0 Å². The predicted octanol–water partition coefficient (Wildman–Crippen LogP) is 2.32. The van der Waals surface area contributed by atoms with Gasteiger partial charge in [0.05, 0.1) is 6.10 Å². The first-order chi connectivity index (χ1) is 8.60. The smallest absolute Gasteiger partial charge is 0.124 e. The van der Waals surface area contributed by atoms with Crippen molar-refractivity contribution in [2.45, 2.75) is 44.4 Å². The minimum absolute atomic E-state index is 0.0613. The van der Waals surface area contributed by atoms with Gasteiger partial charge in [0.1, 0.15) is 11.5 Å². The summed E-state index contributed by atoms with van der Waals surface area (Å²) in [6.07, 6.45) is 3.55. The normalized spacial score (nSPS) is 25.2. The molecule has 4 nitrogen and oxygen atoms in total. The molecule has 3 unspecified atom stereocenters. The molecule has 1 aliphatic carbocycles. The first kappa shape index (κ1) is 13.2. The Kier molecular flexibility index (Phi) is 4.09. The zero-order chi connectivity index (χ0) is 13.1. The fraction of sp³-hybridized carbons (Fsp3) is 0.571.